The van der Waals surface area contributed by atoms with E-state index in [9.17, 15) is 0 Å². The summed E-state index contributed by atoms with van der Waals surface area (Å²) in [6, 6.07) is 11.8. The summed E-state index contributed by atoms with van der Waals surface area (Å²) >= 11 is 0. The predicted molar refractivity (Wildman–Crippen MR) is 73.0 cm³/mol. The van der Waals surface area contributed by atoms with Crippen LogP contribution in [0.15, 0.2) is 30.3 Å². The van der Waals surface area contributed by atoms with Gasteiger partial charge in [0.15, 0.2) is 0 Å². The van der Waals surface area contributed by atoms with Gasteiger partial charge in [-0.25, -0.2) is 0 Å². The van der Waals surface area contributed by atoms with Crippen molar-refractivity contribution in [2.24, 2.45) is 5.73 Å². The second-order valence-electron chi connectivity index (χ2n) is 5.30. The molecule has 2 unspecified atom stereocenters. The van der Waals surface area contributed by atoms with Crippen LogP contribution in [0.1, 0.15) is 31.2 Å². The Morgan fingerprint density at radius 1 is 1.24 bits per heavy atom. The lowest BCUT2D eigenvalue weighted by Gasteiger charge is -2.34. The van der Waals surface area contributed by atoms with Gasteiger partial charge in [-0.1, -0.05) is 36.8 Å². The summed E-state index contributed by atoms with van der Waals surface area (Å²) in [5.74, 6) is 0. The molecule has 2 atom stereocenters. The van der Waals surface area contributed by atoms with E-state index in [4.69, 9.17) is 5.73 Å². The summed E-state index contributed by atoms with van der Waals surface area (Å²) in [5, 5.41) is 0. The first kappa shape index (κ1) is 12.6. The fourth-order valence-corrected chi connectivity index (χ4v) is 2.73. The average molecular weight is 232 g/mol. The summed E-state index contributed by atoms with van der Waals surface area (Å²) in [4.78, 5) is 2.49. The van der Waals surface area contributed by atoms with Crippen molar-refractivity contribution in [1.29, 1.82) is 0 Å². The molecule has 0 heterocycles. The molecule has 0 saturated heterocycles. The van der Waals surface area contributed by atoms with Gasteiger partial charge in [0.2, 0.25) is 0 Å². The van der Waals surface area contributed by atoms with E-state index < -0.39 is 0 Å². The molecule has 17 heavy (non-hydrogen) atoms. The molecule has 0 aromatic heterocycles. The molecular formula is C15H24N2. The molecule has 0 radical (unpaired) electrons. The van der Waals surface area contributed by atoms with Gasteiger partial charge >= 0.3 is 0 Å². The second kappa shape index (κ2) is 6.18. The lowest BCUT2D eigenvalue weighted by molar-refractivity contribution is 0.182. The molecule has 1 aliphatic rings. The number of rotatable bonds is 4. The zero-order valence-electron chi connectivity index (χ0n) is 10.8. The average Bonchev–Trinajstić information content (AvgIpc) is 2.37. The van der Waals surface area contributed by atoms with Gasteiger partial charge < -0.3 is 10.6 Å². The quantitative estimate of drug-likeness (QED) is 0.864. The Hall–Kier alpha value is -0.860. The van der Waals surface area contributed by atoms with Gasteiger partial charge in [0.05, 0.1) is 0 Å². The van der Waals surface area contributed by atoms with Crippen molar-refractivity contribution < 1.29 is 0 Å². The Bertz CT molecular complexity index is 323. The first-order valence-electron chi connectivity index (χ1n) is 6.75. The predicted octanol–water partition coefficient (Wildman–Crippen LogP) is 2.43. The van der Waals surface area contributed by atoms with E-state index in [1.54, 1.807) is 0 Å². The van der Waals surface area contributed by atoms with Crippen LogP contribution in [0.4, 0.5) is 0 Å². The maximum Gasteiger partial charge on any atom is 0.0107 e. The maximum absolute atomic E-state index is 6.04. The topological polar surface area (TPSA) is 29.3 Å². The Kier molecular flexibility index (Phi) is 4.57. The van der Waals surface area contributed by atoms with Gasteiger partial charge in [0, 0.05) is 18.6 Å². The van der Waals surface area contributed by atoms with Gasteiger partial charge in [-0.2, -0.15) is 0 Å². The van der Waals surface area contributed by atoms with E-state index >= 15 is 0 Å². The molecule has 2 nitrogen and oxygen atoms in total. The summed E-state index contributed by atoms with van der Waals surface area (Å²) < 4.78 is 0. The smallest absolute Gasteiger partial charge is 0.0107 e. The fourth-order valence-electron chi connectivity index (χ4n) is 2.73. The molecule has 94 valence electrons. The second-order valence-corrected chi connectivity index (χ2v) is 5.30. The molecule has 1 saturated carbocycles. The zero-order valence-corrected chi connectivity index (χ0v) is 10.8. The van der Waals surface area contributed by atoms with E-state index in [0.29, 0.717) is 12.1 Å². The number of hydrogen-bond acceptors (Lipinski definition) is 2. The summed E-state index contributed by atoms with van der Waals surface area (Å²) in [5.41, 5.74) is 7.47. The molecule has 0 spiro atoms. The summed E-state index contributed by atoms with van der Waals surface area (Å²) in [6.07, 6.45) is 6.14. The third-order valence-electron chi connectivity index (χ3n) is 3.91. The molecule has 1 fully saturated rings. The highest BCUT2D eigenvalue weighted by Crippen LogP contribution is 2.21. The van der Waals surface area contributed by atoms with Crippen LogP contribution in [-0.4, -0.2) is 30.6 Å². The van der Waals surface area contributed by atoms with Gasteiger partial charge in [-0.05, 0) is 38.3 Å². The van der Waals surface area contributed by atoms with Crippen LogP contribution >= 0.6 is 0 Å². The third-order valence-corrected chi connectivity index (χ3v) is 3.91. The summed E-state index contributed by atoms with van der Waals surface area (Å²) in [7, 11) is 2.24. The van der Waals surface area contributed by atoms with Crippen LogP contribution in [0.25, 0.3) is 0 Å². The number of nitrogens with two attached hydrogens (primary N) is 1. The Balaban J connectivity index is 1.79. The highest BCUT2D eigenvalue weighted by molar-refractivity contribution is 5.14. The Morgan fingerprint density at radius 2 is 2.00 bits per heavy atom. The minimum absolute atomic E-state index is 0.424. The van der Waals surface area contributed by atoms with Crippen LogP contribution in [0.5, 0.6) is 0 Å². The van der Waals surface area contributed by atoms with Crippen LogP contribution in [0.3, 0.4) is 0 Å². The van der Waals surface area contributed by atoms with Crippen molar-refractivity contribution in [1.82, 2.24) is 4.90 Å². The first-order valence-corrected chi connectivity index (χ1v) is 6.75. The number of nitrogens with zero attached hydrogens (tertiary/aromatic N) is 1. The monoisotopic (exact) mass is 232 g/mol. The minimum atomic E-state index is 0.424. The van der Waals surface area contributed by atoms with E-state index in [1.165, 1.54) is 31.2 Å². The molecule has 1 aromatic carbocycles. The van der Waals surface area contributed by atoms with Crippen molar-refractivity contribution in [2.45, 2.75) is 44.2 Å². The molecule has 2 rings (SSSR count). The van der Waals surface area contributed by atoms with Crippen molar-refractivity contribution >= 4 is 0 Å². The Morgan fingerprint density at radius 3 is 2.71 bits per heavy atom. The molecule has 1 aliphatic carbocycles. The normalized spacial score (nSPS) is 25.1. The van der Waals surface area contributed by atoms with Gasteiger partial charge in [-0.15, -0.1) is 0 Å². The van der Waals surface area contributed by atoms with Gasteiger partial charge in [0.25, 0.3) is 0 Å². The lowest BCUT2D eigenvalue weighted by Crippen LogP contribution is -2.41. The van der Waals surface area contributed by atoms with Crippen LogP contribution in [0, 0.1) is 0 Å². The third kappa shape index (κ3) is 3.83. The molecule has 0 bridgehead atoms. The summed E-state index contributed by atoms with van der Waals surface area (Å²) in [6.45, 7) is 1.14. The molecule has 0 aliphatic heterocycles. The van der Waals surface area contributed by atoms with Crippen molar-refractivity contribution in [3.8, 4) is 0 Å². The van der Waals surface area contributed by atoms with E-state index in [2.05, 4.69) is 42.3 Å². The zero-order chi connectivity index (χ0) is 12.1. The molecule has 1 aromatic rings. The highest BCUT2D eigenvalue weighted by Gasteiger charge is 2.22. The molecule has 2 N–H and O–H groups in total. The Labute approximate surface area is 105 Å². The molecular weight excluding hydrogens is 208 g/mol. The van der Waals surface area contributed by atoms with E-state index in [0.717, 1.165) is 13.0 Å². The standard InChI is InChI=1S/C15H24N2/c1-17(15-9-5-8-14(16)12-15)11-10-13-6-3-2-4-7-13/h2-4,6-7,14-15H,5,8-12,16H2,1H3. The highest BCUT2D eigenvalue weighted by atomic mass is 15.1. The first-order chi connectivity index (χ1) is 8.25. The maximum atomic E-state index is 6.04. The molecule has 0 amide bonds. The van der Waals surface area contributed by atoms with Crippen molar-refractivity contribution in [2.75, 3.05) is 13.6 Å². The molecule has 2 heteroatoms. The van der Waals surface area contributed by atoms with Gasteiger partial charge in [-0.3, -0.25) is 0 Å². The van der Waals surface area contributed by atoms with Crippen molar-refractivity contribution in [3.05, 3.63) is 35.9 Å². The van der Waals surface area contributed by atoms with Crippen LogP contribution in [-0.2, 0) is 6.42 Å². The van der Waals surface area contributed by atoms with Gasteiger partial charge in [0.1, 0.15) is 0 Å². The van der Waals surface area contributed by atoms with E-state index in [1.807, 2.05) is 0 Å². The number of benzene rings is 1. The fraction of sp³-hybridized carbons (Fsp3) is 0.600. The largest absolute Gasteiger partial charge is 0.328 e. The van der Waals surface area contributed by atoms with Crippen LogP contribution < -0.4 is 5.73 Å². The minimum Gasteiger partial charge on any atom is -0.328 e. The number of hydrogen-bond donors (Lipinski definition) is 1. The lowest BCUT2D eigenvalue weighted by atomic mass is 9.90. The number of likely N-dealkylation sites (N-methyl/N-ethyl adjacent to an activating group) is 1. The van der Waals surface area contributed by atoms with E-state index in [-0.39, 0.29) is 0 Å². The van der Waals surface area contributed by atoms with Crippen LogP contribution in [0.2, 0.25) is 0 Å². The van der Waals surface area contributed by atoms with Crippen molar-refractivity contribution in [3.63, 3.8) is 0 Å². The SMILES string of the molecule is CN(CCc1ccccc1)C1CCCC(N)C1.